The Morgan fingerprint density at radius 2 is 1.11 bits per heavy atom. The van der Waals surface area contributed by atoms with E-state index in [1.54, 1.807) is 0 Å². The summed E-state index contributed by atoms with van der Waals surface area (Å²) in [5.74, 6) is 0. The van der Waals surface area contributed by atoms with Crippen molar-refractivity contribution in [3.63, 3.8) is 0 Å². The fraction of sp³-hybridized carbons (Fsp3) is 0.143. The summed E-state index contributed by atoms with van der Waals surface area (Å²) in [5.41, 5.74) is 3.37. The Morgan fingerprint density at radius 1 is 0.722 bits per heavy atom. The Hall–Kier alpha value is -1.38. The van der Waals surface area contributed by atoms with Crippen molar-refractivity contribution in [1.82, 2.24) is 0 Å². The molecule has 0 unspecified atom stereocenters. The van der Waals surface area contributed by atoms with Crippen LogP contribution in [-0.4, -0.2) is 0 Å². The Balaban J connectivity index is 2.36. The van der Waals surface area contributed by atoms with Crippen molar-refractivity contribution in [2.45, 2.75) is 13.8 Å². The Kier molecular flexibility index (Phi) is 4.00. The molecule has 0 spiro atoms. The molecule has 0 saturated carbocycles. The van der Waals surface area contributed by atoms with Gasteiger partial charge in [-0.15, -0.1) is 0 Å². The van der Waals surface area contributed by atoms with Crippen molar-refractivity contribution in [1.29, 1.82) is 0 Å². The Bertz CT molecular complexity index is 553. The van der Waals surface area contributed by atoms with E-state index in [9.17, 15) is 0 Å². The maximum Gasteiger partial charge on any atom is 0.0901 e. The van der Waals surface area contributed by atoms with Crippen LogP contribution in [0.5, 0.6) is 0 Å². The lowest BCUT2D eigenvalue weighted by atomic mass is 10.2. The van der Waals surface area contributed by atoms with Gasteiger partial charge in [-0.2, -0.15) is 10.2 Å². The third kappa shape index (κ3) is 2.71. The summed E-state index contributed by atoms with van der Waals surface area (Å²) in [7, 11) is 0. The van der Waals surface area contributed by atoms with Crippen molar-refractivity contribution in [3.8, 4) is 0 Å². The van der Waals surface area contributed by atoms with Crippen LogP contribution in [0.15, 0.2) is 46.6 Å². The van der Waals surface area contributed by atoms with E-state index in [1.165, 1.54) is 0 Å². The number of azo groups is 1. The van der Waals surface area contributed by atoms with Crippen molar-refractivity contribution in [2.75, 3.05) is 0 Å². The number of hydrogen-bond acceptors (Lipinski definition) is 2. The fourth-order valence-electron chi connectivity index (χ4n) is 1.52. The first kappa shape index (κ1) is 13.1. The molecule has 0 amide bonds. The van der Waals surface area contributed by atoms with Crippen LogP contribution in [0.2, 0.25) is 10.0 Å². The third-order valence-corrected chi connectivity index (χ3v) is 3.56. The summed E-state index contributed by atoms with van der Waals surface area (Å²) < 4.78 is 0. The molecule has 0 aliphatic rings. The highest BCUT2D eigenvalue weighted by Crippen LogP contribution is 2.30. The molecule has 0 heterocycles. The molecular formula is C14H12Cl2N2. The highest BCUT2D eigenvalue weighted by atomic mass is 35.5. The normalized spacial score (nSPS) is 11.1. The lowest BCUT2D eigenvalue weighted by Gasteiger charge is -2.02. The monoisotopic (exact) mass is 278 g/mol. The van der Waals surface area contributed by atoms with E-state index >= 15 is 0 Å². The minimum Gasteiger partial charge on any atom is -0.150 e. The molecule has 18 heavy (non-hydrogen) atoms. The van der Waals surface area contributed by atoms with Crippen LogP contribution in [0.1, 0.15) is 11.1 Å². The zero-order valence-electron chi connectivity index (χ0n) is 10.1. The van der Waals surface area contributed by atoms with Crippen LogP contribution in [-0.2, 0) is 0 Å². The number of nitrogens with zero attached hydrogens (tertiary/aromatic N) is 2. The molecule has 0 saturated heterocycles. The Labute approximate surface area is 116 Å². The second kappa shape index (κ2) is 5.51. The molecule has 0 aliphatic carbocycles. The average Bonchev–Trinajstić information content (AvgIpc) is 2.36. The molecule has 0 radical (unpaired) electrons. The van der Waals surface area contributed by atoms with Gasteiger partial charge < -0.3 is 0 Å². The second-order valence-electron chi connectivity index (χ2n) is 3.97. The predicted octanol–water partition coefficient (Wildman–Crippen LogP) is 6.03. The number of halogens is 2. The van der Waals surface area contributed by atoms with E-state index < -0.39 is 0 Å². The van der Waals surface area contributed by atoms with E-state index in [2.05, 4.69) is 10.2 Å². The molecule has 2 aromatic rings. The van der Waals surface area contributed by atoms with Crippen LogP contribution in [0.4, 0.5) is 11.4 Å². The maximum absolute atomic E-state index is 6.03. The largest absolute Gasteiger partial charge is 0.150 e. The lowest BCUT2D eigenvalue weighted by molar-refractivity contribution is 1.19. The molecule has 2 aromatic carbocycles. The van der Waals surface area contributed by atoms with Crippen molar-refractivity contribution >= 4 is 34.6 Å². The van der Waals surface area contributed by atoms with E-state index in [1.807, 2.05) is 50.2 Å². The molecule has 92 valence electrons. The van der Waals surface area contributed by atoms with E-state index in [-0.39, 0.29) is 0 Å². The summed E-state index contributed by atoms with van der Waals surface area (Å²) >= 11 is 12.1. The van der Waals surface area contributed by atoms with Crippen molar-refractivity contribution in [2.24, 2.45) is 10.2 Å². The van der Waals surface area contributed by atoms with E-state index in [0.717, 1.165) is 22.5 Å². The minimum atomic E-state index is 0.689. The average molecular weight is 279 g/mol. The molecule has 0 aromatic heterocycles. The lowest BCUT2D eigenvalue weighted by Crippen LogP contribution is -1.77. The van der Waals surface area contributed by atoms with Gasteiger partial charge in [0.2, 0.25) is 0 Å². The summed E-state index contributed by atoms with van der Waals surface area (Å²) in [6.45, 7) is 3.84. The van der Waals surface area contributed by atoms with Gasteiger partial charge in [-0.3, -0.25) is 0 Å². The topological polar surface area (TPSA) is 24.7 Å². The van der Waals surface area contributed by atoms with Crippen molar-refractivity contribution < 1.29 is 0 Å². The highest BCUT2D eigenvalue weighted by Gasteiger charge is 2.02. The van der Waals surface area contributed by atoms with Crippen LogP contribution >= 0.6 is 23.2 Å². The standard InChI is InChI=1S/C14H12Cl2N2/c1-9-11(15)5-3-7-13(9)17-18-14-8-4-6-12(16)10(14)2/h3-8H,1-2H3. The van der Waals surface area contributed by atoms with E-state index in [0.29, 0.717) is 10.0 Å². The van der Waals surface area contributed by atoms with Gasteiger partial charge in [0.25, 0.3) is 0 Å². The van der Waals surface area contributed by atoms with Crippen LogP contribution in [0.25, 0.3) is 0 Å². The molecule has 0 fully saturated rings. The van der Waals surface area contributed by atoms with Gasteiger partial charge in [0.1, 0.15) is 0 Å². The Morgan fingerprint density at radius 3 is 1.50 bits per heavy atom. The second-order valence-corrected chi connectivity index (χ2v) is 4.78. The molecule has 0 atom stereocenters. The van der Waals surface area contributed by atoms with Gasteiger partial charge in [-0.25, -0.2) is 0 Å². The molecular weight excluding hydrogens is 267 g/mol. The third-order valence-electron chi connectivity index (χ3n) is 2.74. The molecule has 0 N–H and O–H groups in total. The number of rotatable bonds is 2. The summed E-state index contributed by atoms with van der Waals surface area (Å²) in [4.78, 5) is 0. The smallest absolute Gasteiger partial charge is 0.0901 e. The van der Waals surface area contributed by atoms with Crippen LogP contribution in [0, 0.1) is 13.8 Å². The van der Waals surface area contributed by atoms with Gasteiger partial charge in [-0.1, -0.05) is 35.3 Å². The molecule has 2 rings (SSSR count). The van der Waals surface area contributed by atoms with Crippen LogP contribution < -0.4 is 0 Å². The van der Waals surface area contributed by atoms with Gasteiger partial charge in [0.05, 0.1) is 11.4 Å². The zero-order valence-corrected chi connectivity index (χ0v) is 11.6. The van der Waals surface area contributed by atoms with Crippen molar-refractivity contribution in [3.05, 3.63) is 57.6 Å². The first-order chi connectivity index (χ1) is 8.59. The maximum atomic E-state index is 6.03. The SMILES string of the molecule is Cc1c(Cl)cccc1N=Nc1cccc(Cl)c1C. The molecule has 4 heteroatoms. The minimum absolute atomic E-state index is 0.689. The van der Waals surface area contributed by atoms with Gasteiger partial charge in [-0.05, 0) is 49.2 Å². The predicted molar refractivity (Wildman–Crippen MR) is 76.6 cm³/mol. The number of benzene rings is 2. The first-order valence-corrected chi connectivity index (χ1v) is 6.27. The number of hydrogen-bond donors (Lipinski definition) is 0. The summed E-state index contributed by atoms with van der Waals surface area (Å²) in [6.07, 6.45) is 0. The fourth-order valence-corrected chi connectivity index (χ4v) is 1.86. The van der Waals surface area contributed by atoms with Gasteiger partial charge >= 0.3 is 0 Å². The molecule has 0 aliphatic heterocycles. The highest BCUT2D eigenvalue weighted by molar-refractivity contribution is 6.32. The summed E-state index contributed by atoms with van der Waals surface area (Å²) in [6, 6.07) is 11.1. The zero-order chi connectivity index (χ0) is 13.1. The molecule has 2 nitrogen and oxygen atoms in total. The molecule has 0 bridgehead atoms. The first-order valence-electron chi connectivity index (χ1n) is 5.51. The van der Waals surface area contributed by atoms with Gasteiger partial charge in [0, 0.05) is 10.0 Å². The van der Waals surface area contributed by atoms with Gasteiger partial charge in [0.15, 0.2) is 0 Å². The quantitative estimate of drug-likeness (QED) is 0.600. The van der Waals surface area contributed by atoms with Crippen LogP contribution in [0.3, 0.4) is 0 Å². The summed E-state index contributed by atoms with van der Waals surface area (Å²) in [5, 5.41) is 9.82. The van der Waals surface area contributed by atoms with E-state index in [4.69, 9.17) is 23.2 Å².